The van der Waals surface area contributed by atoms with E-state index in [2.05, 4.69) is 41.7 Å². The number of hydrogen-bond donors (Lipinski definition) is 2. The molecule has 5 nitrogen and oxygen atoms in total. The van der Waals surface area contributed by atoms with Gasteiger partial charge in [-0.3, -0.25) is 0 Å². The standard InChI is InChI=1S/C16H13BrFN5/c17-12-6-2-4-8-14(12)21-15-10-20-23-16(22-15)19-9-11-5-1-3-7-13(11)18/h1-8,10H,9H2,(H2,19,21,22,23). The third kappa shape index (κ3) is 4.01. The zero-order valence-corrected chi connectivity index (χ0v) is 13.6. The molecule has 0 aliphatic heterocycles. The Morgan fingerprint density at radius 3 is 2.65 bits per heavy atom. The second kappa shape index (κ2) is 7.15. The van der Waals surface area contributed by atoms with Crippen molar-refractivity contribution in [2.45, 2.75) is 6.54 Å². The number of benzene rings is 2. The summed E-state index contributed by atoms with van der Waals surface area (Å²) in [6, 6.07) is 14.2. The number of nitrogens with zero attached hydrogens (tertiary/aromatic N) is 3. The van der Waals surface area contributed by atoms with Crippen molar-refractivity contribution in [1.82, 2.24) is 15.2 Å². The molecule has 2 N–H and O–H groups in total. The highest BCUT2D eigenvalue weighted by Crippen LogP contribution is 2.24. The Morgan fingerprint density at radius 1 is 1.04 bits per heavy atom. The maximum Gasteiger partial charge on any atom is 0.244 e. The molecule has 1 aromatic heterocycles. The first-order valence-electron chi connectivity index (χ1n) is 6.91. The quantitative estimate of drug-likeness (QED) is 0.703. The van der Waals surface area contributed by atoms with Crippen molar-refractivity contribution in [3.05, 3.63) is 70.6 Å². The lowest BCUT2D eigenvalue weighted by Gasteiger charge is -2.09. The molecule has 116 valence electrons. The van der Waals surface area contributed by atoms with E-state index >= 15 is 0 Å². The summed E-state index contributed by atoms with van der Waals surface area (Å²) in [5.74, 6) is 0.601. The molecule has 0 radical (unpaired) electrons. The van der Waals surface area contributed by atoms with E-state index in [1.165, 1.54) is 12.3 Å². The van der Waals surface area contributed by atoms with Crippen LogP contribution in [0.1, 0.15) is 5.56 Å². The molecule has 1 heterocycles. The van der Waals surface area contributed by atoms with E-state index in [1.807, 2.05) is 24.3 Å². The number of hydrogen-bond acceptors (Lipinski definition) is 5. The second-order valence-electron chi connectivity index (χ2n) is 4.72. The Bertz CT molecular complexity index is 812. The Labute approximate surface area is 141 Å². The van der Waals surface area contributed by atoms with Crippen molar-refractivity contribution in [2.75, 3.05) is 10.6 Å². The summed E-state index contributed by atoms with van der Waals surface area (Å²) in [6.45, 7) is 0.285. The first kappa shape index (κ1) is 15.4. The summed E-state index contributed by atoms with van der Waals surface area (Å²) in [4.78, 5) is 4.31. The summed E-state index contributed by atoms with van der Waals surface area (Å²) in [7, 11) is 0. The number of nitrogens with one attached hydrogen (secondary N) is 2. The predicted molar refractivity (Wildman–Crippen MR) is 91.0 cm³/mol. The van der Waals surface area contributed by atoms with Gasteiger partial charge in [-0.25, -0.2) is 4.39 Å². The monoisotopic (exact) mass is 373 g/mol. The van der Waals surface area contributed by atoms with Gasteiger partial charge in [0.1, 0.15) is 5.82 Å². The molecule has 0 spiro atoms. The van der Waals surface area contributed by atoms with Gasteiger partial charge in [0.15, 0.2) is 5.82 Å². The Morgan fingerprint density at radius 2 is 1.83 bits per heavy atom. The third-order valence-corrected chi connectivity index (χ3v) is 3.78. The topological polar surface area (TPSA) is 62.7 Å². The molecule has 0 amide bonds. The van der Waals surface area contributed by atoms with E-state index in [1.54, 1.807) is 18.2 Å². The zero-order valence-electron chi connectivity index (χ0n) is 12.0. The molecule has 0 fully saturated rings. The van der Waals surface area contributed by atoms with Crippen LogP contribution in [0.2, 0.25) is 0 Å². The summed E-state index contributed by atoms with van der Waals surface area (Å²) in [6.07, 6.45) is 1.52. The van der Waals surface area contributed by atoms with E-state index in [-0.39, 0.29) is 12.4 Å². The Hall–Kier alpha value is -2.54. The van der Waals surface area contributed by atoms with Crippen LogP contribution in [0.15, 0.2) is 59.2 Å². The van der Waals surface area contributed by atoms with Gasteiger partial charge in [-0.05, 0) is 34.1 Å². The van der Waals surface area contributed by atoms with Crippen LogP contribution in [0.4, 0.5) is 21.8 Å². The van der Waals surface area contributed by atoms with E-state index in [0.717, 1.165) is 10.2 Å². The second-order valence-corrected chi connectivity index (χ2v) is 5.57. The van der Waals surface area contributed by atoms with Crippen LogP contribution in [0.3, 0.4) is 0 Å². The Balaban J connectivity index is 1.70. The fourth-order valence-electron chi connectivity index (χ4n) is 1.96. The van der Waals surface area contributed by atoms with Gasteiger partial charge >= 0.3 is 0 Å². The van der Waals surface area contributed by atoms with Gasteiger partial charge in [0, 0.05) is 16.6 Å². The van der Waals surface area contributed by atoms with E-state index in [0.29, 0.717) is 17.3 Å². The third-order valence-electron chi connectivity index (χ3n) is 3.09. The van der Waals surface area contributed by atoms with Crippen molar-refractivity contribution in [3.8, 4) is 0 Å². The van der Waals surface area contributed by atoms with E-state index < -0.39 is 0 Å². The van der Waals surface area contributed by atoms with Crippen molar-refractivity contribution in [2.24, 2.45) is 0 Å². The number of aromatic nitrogens is 3. The van der Waals surface area contributed by atoms with Crippen LogP contribution >= 0.6 is 15.9 Å². The molecule has 3 aromatic rings. The van der Waals surface area contributed by atoms with Crippen LogP contribution in [-0.2, 0) is 6.54 Å². The lowest BCUT2D eigenvalue weighted by Crippen LogP contribution is -2.07. The molecule has 0 saturated carbocycles. The molecule has 0 aliphatic carbocycles. The maximum absolute atomic E-state index is 13.6. The fraction of sp³-hybridized carbons (Fsp3) is 0.0625. The molecule has 0 bridgehead atoms. The lowest BCUT2D eigenvalue weighted by molar-refractivity contribution is 0.612. The number of halogens is 2. The smallest absolute Gasteiger partial charge is 0.244 e. The summed E-state index contributed by atoms with van der Waals surface area (Å²) in [5.41, 5.74) is 1.41. The fourth-order valence-corrected chi connectivity index (χ4v) is 2.34. The first-order valence-corrected chi connectivity index (χ1v) is 7.70. The van der Waals surface area contributed by atoms with Crippen molar-refractivity contribution < 1.29 is 4.39 Å². The average molecular weight is 374 g/mol. The Kier molecular flexibility index (Phi) is 4.77. The van der Waals surface area contributed by atoms with Crippen molar-refractivity contribution >= 4 is 33.4 Å². The molecule has 3 rings (SSSR count). The molecule has 0 saturated heterocycles. The molecular formula is C16H13BrFN5. The normalized spacial score (nSPS) is 10.3. The van der Waals surface area contributed by atoms with Gasteiger partial charge in [-0.1, -0.05) is 30.3 Å². The molecule has 2 aromatic carbocycles. The minimum Gasteiger partial charge on any atom is -0.349 e. The van der Waals surface area contributed by atoms with Gasteiger partial charge in [-0.15, -0.1) is 5.10 Å². The zero-order chi connectivity index (χ0) is 16.1. The number of para-hydroxylation sites is 1. The maximum atomic E-state index is 13.6. The number of anilines is 3. The minimum absolute atomic E-state index is 0.268. The van der Waals surface area contributed by atoms with Gasteiger partial charge in [-0.2, -0.15) is 10.1 Å². The highest BCUT2D eigenvalue weighted by molar-refractivity contribution is 9.10. The van der Waals surface area contributed by atoms with Gasteiger partial charge in [0.2, 0.25) is 5.95 Å². The number of rotatable bonds is 5. The molecule has 7 heteroatoms. The van der Waals surface area contributed by atoms with Crippen LogP contribution in [0.5, 0.6) is 0 Å². The molecular weight excluding hydrogens is 361 g/mol. The van der Waals surface area contributed by atoms with Gasteiger partial charge in [0.05, 0.1) is 11.9 Å². The highest BCUT2D eigenvalue weighted by Gasteiger charge is 2.05. The highest BCUT2D eigenvalue weighted by atomic mass is 79.9. The van der Waals surface area contributed by atoms with Crippen LogP contribution in [-0.4, -0.2) is 15.2 Å². The predicted octanol–water partition coefficient (Wildman–Crippen LogP) is 4.13. The van der Waals surface area contributed by atoms with Gasteiger partial charge in [0.25, 0.3) is 0 Å². The molecule has 0 unspecified atom stereocenters. The lowest BCUT2D eigenvalue weighted by atomic mass is 10.2. The molecule has 0 atom stereocenters. The van der Waals surface area contributed by atoms with E-state index in [4.69, 9.17) is 0 Å². The largest absolute Gasteiger partial charge is 0.349 e. The van der Waals surface area contributed by atoms with E-state index in [9.17, 15) is 4.39 Å². The first-order chi connectivity index (χ1) is 11.2. The summed E-state index contributed by atoms with van der Waals surface area (Å²) >= 11 is 3.46. The molecule has 23 heavy (non-hydrogen) atoms. The van der Waals surface area contributed by atoms with Crippen LogP contribution in [0.25, 0.3) is 0 Å². The SMILES string of the molecule is Fc1ccccc1CNc1nncc(Nc2ccccc2Br)n1. The summed E-state index contributed by atoms with van der Waals surface area (Å²) < 4.78 is 14.5. The van der Waals surface area contributed by atoms with Crippen molar-refractivity contribution in [1.29, 1.82) is 0 Å². The summed E-state index contributed by atoms with van der Waals surface area (Å²) in [5, 5.41) is 13.9. The minimum atomic E-state index is -0.268. The van der Waals surface area contributed by atoms with Crippen molar-refractivity contribution in [3.63, 3.8) is 0 Å². The molecule has 0 aliphatic rings. The van der Waals surface area contributed by atoms with Crippen LogP contribution in [0, 0.1) is 5.82 Å². The average Bonchev–Trinajstić information content (AvgIpc) is 2.57. The van der Waals surface area contributed by atoms with Crippen LogP contribution < -0.4 is 10.6 Å². The van der Waals surface area contributed by atoms with Gasteiger partial charge < -0.3 is 10.6 Å².